The molecule has 1 saturated carbocycles. The highest BCUT2D eigenvalue weighted by Gasteiger charge is 2.70. The third kappa shape index (κ3) is 5.65. The van der Waals surface area contributed by atoms with Crippen LogP contribution in [0.15, 0.2) is 84.6 Å². The summed E-state index contributed by atoms with van der Waals surface area (Å²) >= 11 is 12.5. The van der Waals surface area contributed by atoms with Gasteiger partial charge in [-0.05, 0) is 67.1 Å². The molecule has 4 amide bonds. The monoisotopic (exact) mass is 820 g/mol. The number of nitrogens with one attached hydrogen (secondary N) is 1. The maximum Gasteiger partial charge on any atom is 0.417 e. The molecule has 3 aromatic carbocycles. The Balaban J connectivity index is 1.30. The minimum absolute atomic E-state index is 0.0103. The van der Waals surface area contributed by atoms with Gasteiger partial charge in [0.15, 0.2) is 5.82 Å². The van der Waals surface area contributed by atoms with E-state index in [0.29, 0.717) is 39.0 Å². The third-order valence-corrected chi connectivity index (χ3v) is 12.1. The maximum absolute atomic E-state index is 15.3. The first-order valence-corrected chi connectivity index (χ1v) is 18.3. The number of imide groups is 2. The van der Waals surface area contributed by atoms with Gasteiger partial charge in [-0.2, -0.15) is 18.2 Å². The molecule has 2 aliphatic heterocycles. The number of aryl methyl sites for hydroxylation is 1. The molecule has 0 radical (unpaired) electrons. The highest BCUT2D eigenvalue weighted by atomic mass is 35.5. The summed E-state index contributed by atoms with van der Waals surface area (Å²) in [6.45, 7) is 1.65. The number of rotatable bonds is 6. The van der Waals surface area contributed by atoms with Gasteiger partial charge in [0.2, 0.25) is 11.8 Å². The second-order valence-corrected chi connectivity index (χ2v) is 15.3. The van der Waals surface area contributed by atoms with E-state index in [1.54, 1.807) is 43.3 Å². The molecule has 17 heteroatoms. The average molecular weight is 822 g/mol. The molecule has 57 heavy (non-hydrogen) atoms. The number of aromatic carboxylic acids is 1. The fraction of sp³-hybridized carbons (Fsp3) is 0.250. The van der Waals surface area contributed by atoms with E-state index >= 15 is 4.79 Å². The lowest BCUT2D eigenvalue weighted by Gasteiger charge is -2.50. The number of phenolic OH excluding ortho intramolecular Hbond substituents is 1. The molecule has 1 aromatic heterocycles. The van der Waals surface area contributed by atoms with Gasteiger partial charge in [-0.15, -0.1) is 0 Å². The molecule has 12 nitrogen and oxygen atoms in total. The Morgan fingerprint density at radius 1 is 0.947 bits per heavy atom. The summed E-state index contributed by atoms with van der Waals surface area (Å²) in [6.07, 6.45) is -2.71. The van der Waals surface area contributed by atoms with E-state index < -0.39 is 98.5 Å². The van der Waals surface area contributed by atoms with Crippen molar-refractivity contribution in [2.45, 2.75) is 37.3 Å². The van der Waals surface area contributed by atoms with Crippen LogP contribution in [0.5, 0.6) is 11.5 Å². The number of carboxylic acids is 1. The lowest BCUT2D eigenvalue weighted by atomic mass is 9.49. The van der Waals surface area contributed by atoms with Crippen molar-refractivity contribution >= 4 is 64.3 Å². The number of alkyl halides is 3. The normalized spacial score (nSPS) is 25.6. The number of carbonyl (C=O) groups is 5. The number of pyridine rings is 1. The fourth-order valence-corrected chi connectivity index (χ4v) is 9.47. The Labute approximate surface area is 331 Å². The van der Waals surface area contributed by atoms with E-state index in [9.17, 15) is 47.7 Å². The molecule has 6 unspecified atom stereocenters. The van der Waals surface area contributed by atoms with Crippen LogP contribution in [0.25, 0.3) is 0 Å². The molecule has 4 aliphatic rings. The van der Waals surface area contributed by atoms with Gasteiger partial charge in [0.05, 0.1) is 39.4 Å². The minimum Gasteiger partial charge on any atom is -0.507 e. The van der Waals surface area contributed by atoms with Crippen LogP contribution in [0.4, 0.5) is 24.7 Å². The van der Waals surface area contributed by atoms with E-state index in [-0.39, 0.29) is 29.8 Å². The number of benzene rings is 3. The molecule has 8 rings (SSSR count). The summed E-state index contributed by atoms with van der Waals surface area (Å²) in [4.78, 5) is 74.9. The van der Waals surface area contributed by atoms with Crippen LogP contribution in [0.1, 0.15) is 51.4 Å². The topological polar surface area (TPSA) is 177 Å². The smallest absolute Gasteiger partial charge is 0.417 e. The average Bonchev–Trinajstić information content (AvgIpc) is 3.54. The van der Waals surface area contributed by atoms with Crippen LogP contribution in [-0.4, -0.2) is 54.9 Å². The van der Waals surface area contributed by atoms with Crippen molar-refractivity contribution in [2.24, 2.45) is 23.7 Å². The van der Waals surface area contributed by atoms with E-state index in [1.807, 2.05) is 0 Å². The number of hydrogen-bond donors (Lipinski definition) is 4. The van der Waals surface area contributed by atoms with E-state index in [4.69, 9.17) is 23.2 Å². The Bertz CT molecular complexity index is 2480. The zero-order valence-corrected chi connectivity index (χ0v) is 30.9. The Morgan fingerprint density at radius 2 is 1.67 bits per heavy atom. The molecule has 3 fully saturated rings. The number of nitrogens with zero attached hydrogens (tertiary/aromatic N) is 3. The predicted molar refractivity (Wildman–Crippen MR) is 197 cm³/mol. The molecule has 4 aromatic rings. The number of halogens is 5. The van der Waals surface area contributed by atoms with Crippen molar-refractivity contribution in [3.05, 3.63) is 122 Å². The molecular weight excluding hydrogens is 792 g/mol. The summed E-state index contributed by atoms with van der Waals surface area (Å²) in [5.74, 6) is -11.1. The van der Waals surface area contributed by atoms with Gasteiger partial charge in [-0.3, -0.25) is 24.6 Å². The molecule has 6 atom stereocenters. The quantitative estimate of drug-likeness (QED) is 0.117. The zero-order valence-electron chi connectivity index (χ0n) is 29.4. The molecule has 2 aliphatic carbocycles. The lowest BCUT2D eigenvalue weighted by molar-refractivity contribution is -0.139. The van der Waals surface area contributed by atoms with Gasteiger partial charge in [0.1, 0.15) is 17.1 Å². The Morgan fingerprint density at radius 3 is 2.32 bits per heavy atom. The SMILES string of the molecule is Cc1cccc(C2C3=CCC4C(=O)N(c5ccc(C(=O)O)c(O)c5)C(=O)C4C3CC3C(=O)N(Nc4ncc(C(F)(F)F)cc4Cl)C(=O)C32c2ccc(Cl)cc2)c1O. The number of hydrogen-bond acceptors (Lipinski definition) is 9. The zero-order chi connectivity index (χ0) is 40.9. The number of fused-ring (bicyclic) bond motifs is 4. The highest BCUT2D eigenvalue weighted by Crippen LogP contribution is 2.65. The van der Waals surface area contributed by atoms with Gasteiger partial charge in [0.25, 0.3) is 11.8 Å². The van der Waals surface area contributed by atoms with Crippen LogP contribution < -0.4 is 10.3 Å². The van der Waals surface area contributed by atoms with Crippen molar-refractivity contribution in [3.8, 4) is 11.5 Å². The number of carbonyl (C=O) groups excluding carboxylic acids is 4. The first-order chi connectivity index (χ1) is 27.0. The van der Waals surface area contributed by atoms with E-state index in [2.05, 4.69) is 10.4 Å². The summed E-state index contributed by atoms with van der Waals surface area (Å²) in [5.41, 5.74) is 0.490. The standard InChI is InChI=1S/C40H29Cl2F3N4O8/c1-17-3-2-4-25(32(17)51)31-22-11-12-24-30(36(54)48(34(24)52)21-9-10-23(37(55)56)29(50)14-21)26(22)15-27-35(53)49(38(57)39(27,31)18-5-7-20(41)8-6-18)47-33-28(42)13-19(16-46-33)40(43,44)45/h2-11,13-14,16,24,26-27,30-31,50-51H,12,15H2,1H3,(H,46,47)(H,55,56). The number of carboxylic acid groups (broad SMARTS) is 1. The van der Waals surface area contributed by atoms with E-state index in [1.165, 1.54) is 18.2 Å². The molecule has 292 valence electrons. The van der Waals surface area contributed by atoms with E-state index in [0.717, 1.165) is 17.0 Å². The molecule has 0 spiro atoms. The number of allylic oxidation sites excluding steroid dienone is 2. The summed E-state index contributed by atoms with van der Waals surface area (Å²) < 4.78 is 40.4. The number of anilines is 2. The highest BCUT2D eigenvalue weighted by molar-refractivity contribution is 6.33. The van der Waals surface area contributed by atoms with Gasteiger partial charge in [-0.1, -0.05) is 65.2 Å². The first kappa shape index (κ1) is 38.0. The minimum atomic E-state index is -4.79. The van der Waals surface area contributed by atoms with Gasteiger partial charge in [0, 0.05) is 28.8 Å². The van der Waals surface area contributed by atoms with Gasteiger partial charge in [-0.25, -0.2) is 14.7 Å². The molecular formula is C40H29Cl2F3N4O8. The predicted octanol–water partition coefficient (Wildman–Crippen LogP) is 7.01. The van der Waals surface area contributed by atoms with Gasteiger partial charge >= 0.3 is 12.1 Å². The molecule has 0 bridgehead atoms. The number of aromatic hydroxyl groups is 2. The second-order valence-electron chi connectivity index (χ2n) is 14.4. The number of amides is 4. The number of hydrazine groups is 1. The number of aromatic nitrogens is 1. The fourth-order valence-electron chi connectivity index (χ4n) is 9.14. The Kier molecular flexibility index (Phi) is 8.89. The van der Waals surface area contributed by atoms with Crippen molar-refractivity contribution in [2.75, 3.05) is 10.3 Å². The summed E-state index contributed by atoms with van der Waals surface area (Å²) in [7, 11) is 0. The molecule has 2 saturated heterocycles. The van der Waals surface area contributed by atoms with Crippen LogP contribution in [0.3, 0.4) is 0 Å². The second kappa shape index (κ2) is 13.3. The Hall–Kier alpha value is -5.93. The number of phenols is 2. The first-order valence-electron chi connectivity index (χ1n) is 17.5. The van der Waals surface area contributed by atoms with Crippen LogP contribution in [0.2, 0.25) is 10.0 Å². The molecule has 4 N–H and O–H groups in total. The van der Waals surface area contributed by atoms with Crippen molar-refractivity contribution in [3.63, 3.8) is 0 Å². The van der Waals surface area contributed by atoms with Crippen LogP contribution in [-0.2, 0) is 30.8 Å². The summed E-state index contributed by atoms with van der Waals surface area (Å²) in [5, 5.41) is 32.0. The lowest BCUT2D eigenvalue weighted by Crippen LogP contribution is -2.53. The van der Waals surface area contributed by atoms with Crippen molar-refractivity contribution in [1.29, 1.82) is 0 Å². The maximum atomic E-state index is 15.3. The van der Waals surface area contributed by atoms with Crippen LogP contribution in [0, 0.1) is 30.6 Å². The number of para-hydroxylation sites is 1. The third-order valence-electron chi connectivity index (χ3n) is 11.6. The van der Waals surface area contributed by atoms with Gasteiger partial charge < -0.3 is 15.3 Å². The summed E-state index contributed by atoms with van der Waals surface area (Å²) in [6, 6.07) is 15.0. The van der Waals surface area contributed by atoms with Crippen molar-refractivity contribution in [1.82, 2.24) is 9.99 Å². The van der Waals surface area contributed by atoms with Crippen molar-refractivity contribution < 1.29 is 52.5 Å². The molecule has 3 heterocycles. The largest absolute Gasteiger partial charge is 0.507 e. The van der Waals surface area contributed by atoms with Crippen LogP contribution >= 0.6 is 23.2 Å².